The average Bonchev–Trinajstić information content (AvgIpc) is 2.22. The zero-order valence-electron chi connectivity index (χ0n) is 8.95. The van der Waals surface area contributed by atoms with Crippen LogP contribution in [0.5, 0.6) is 0 Å². The minimum Gasteiger partial charge on any atom is -0.460 e. The molecule has 4 nitrogen and oxygen atoms in total. The molecule has 0 saturated carbocycles. The van der Waals surface area contributed by atoms with E-state index in [9.17, 15) is 4.79 Å². The van der Waals surface area contributed by atoms with Crippen LogP contribution in [-0.4, -0.2) is 26.3 Å². The Bertz CT molecular complexity index is 350. The Kier molecular flexibility index (Phi) is 4.12. The lowest BCUT2D eigenvalue weighted by Crippen LogP contribution is -2.10. The van der Waals surface area contributed by atoms with Gasteiger partial charge < -0.3 is 15.2 Å². The minimum absolute atomic E-state index is 0.253. The van der Waals surface area contributed by atoms with Crippen molar-refractivity contribution in [3.05, 3.63) is 29.3 Å². The van der Waals surface area contributed by atoms with Gasteiger partial charge in [0.2, 0.25) is 0 Å². The summed E-state index contributed by atoms with van der Waals surface area (Å²) in [7, 11) is 1.55. The van der Waals surface area contributed by atoms with Crippen LogP contribution >= 0.6 is 0 Å². The third-order valence-corrected chi connectivity index (χ3v) is 2.04. The molecule has 0 aliphatic carbocycles. The Labute approximate surface area is 89.0 Å². The van der Waals surface area contributed by atoms with Crippen molar-refractivity contribution in [2.45, 2.75) is 6.92 Å². The van der Waals surface area contributed by atoms with Gasteiger partial charge in [-0.2, -0.15) is 0 Å². The number of methoxy groups -OCH3 is 1. The van der Waals surface area contributed by atoms with E-state index in [1.54, 1.807) is 25.3 Å². The van der Waals surface area contributed by atoms with Crippen molar-refractivity contribution >= 4 is 11.7 Å². The number of benzene rings is 1. The first-order valence-corrected chi connectivity index (χ1v) is 4.67. The first kappa shape index (κ1) is 11.5. The normalized spacial score (nSPS) is 10.0. The van der Waals surface area contributed by atoms with Crippen LogP contribution in [0.25, 0.3) is 0 Å². The molecule has 0 unspecified atom stereocenters. The highest BCUT2D eigenvalue weighted by Gasteiger charge is 2.07. The van der Waals surface area contributed by atoms with E-state index in [0.717, 1.165) is 5.56 Å². The van der Waals surface area contributed by atoms with Gasteiger partial charge in [0.1, 0.15) is 6.61 Å². The van der Waals surface area contributed by atoms with Gasteiger partial charge in [-0.3, -0.25) is 0 Å². The molecular weight excluding hydrogens is 194 g/mol. The summed E-state index contributed by atoms with van der Waals surface area (Å²) in [6.45, 7) is 2.53. The van der Waals surface area contributed by atoms with Crippen molar-refractivity contribution in [2.75, 3.05) is 26.1 Å². The summed E-state index contributed by atoms with van der Waals surface area (Å²) in [4.78, 5) is 11.4. The summed E-state index contributed by atoms with van der Waals surface area (Å²) in [5, 5.41) is 0. The number of rotatable bonds is 4. The molecule has 15 heavy (non-hydrogen) atoms. The van der Waals surface area contributed by atoms with Crippen LogP contribution in [0.15, 0.2) is 18.2 Å². The van der Waals surface area contributed by atoms with E-state index in [0.29, 0.717) is 17.9 Å². The van der Waals surface area contributed by atoms with Crippen molar-refractivity contribution in [1.82, 2.24) is 0 Å². The lowest BCUT2D eigenvalue weighted by atomic mass is 10.1. The van der Waals surface area contributed by atoms with Gasteiger partial charge in [0.05, 0.1) is 12.2 Å². The minimum atomic E-state index is -0.376. The molecule has 4 heteroatoms. The van der Waals surface area contributed by atoms with Crippen LogP contribution in [0.2, 0.25) is 0 Å². The van der Waals surface area contributed by atoms with E-state index in [4.69, 9.17) is 15.2 Å². The summed E-state index contributed by atoms with van der Waals surface area (Å²) in [5.41, 5.74) is 7.69. The molecule has 0 radical (unpaired) electrons. The second kappa shape index (κ2) is 5.36. The Morgan fingerprint density at radius 3 is 2.73 bits per heavy atom. The van der Waals surface area contributed by atoms with E-state index in [-0.39, 0.29) is 12.6 Å². The third-order valence-electron chi connectivity index (χ3n) is 2.04. The van der Waals surface area contributed by atoms with Crippen LogP contribution in [0, 0.1) is 6.92 Å². The van der Waals surface area contributed by atoms with Gasteiger partial charge in [-0.1, -0.05) is 6.07 Å². The number of hydrogen-bond acceptors (Lipinski definition) is 4. The number of nitrogen functional groups attached to an aromatic ring is 1. The van der Waals surface area contributed by atoms with Crippen molar-refractivity contribution in [2.24, 2.45) is 0 Å². The highest BCUT2D eigenvalue weighted by molar-refractivity contribution is 5.90. The molecule has 0 heterocycles. The molecule has 0 atom stereocenters. The lowest BCUT2D eigenvalue weighted by Gasteiger charge is -2.05. The van der Waals surface area contributed by atoms with Crippen LogP contribution < -0.4 is 5.73 Å². The molecule has 0 fully saturated rings. The molecular formula is C11H15NO3. The fourth-order valence-electron chi connectivity index (χ4n) is 1.07. The maximum atomic E-state index is 11.4. The van der Waals surface area contributed by atoms with Gasteiger partial charge in [0, 0.05) is 12.8 Å². The van der Waals surface area contributed by atoms with Crippen LogP contribution in [0.3, 0.4) is 0 Å². The number of carbonyl (C=O) groups is 1. The quantitative estimate of drug-likeness (QED) is 0.462. The molecule has 82 valence electrons. The number of anilines is 1. The van der Waals surface area contributed by atoms with Gasteiger partial charge in [-0.05, 0) is 24.6 Å². The number of esters is 1. The summed E-state index contributed by atoms with van der Waals surface area (Å²) in [5.74, 6) is -0.376. The number of nitrogens with two attached hydrogens (primary N) is 1. The largest absolute Gasteiger partial charge is 0.460 e. The monoisotopic (exact) mass is 209 g/mol. The number of hydrogen-bond donors (Lipinski definition) is 1. The van der Waals surface area contributed by atoms with Crippen LogP contribution in [0.1, 0.15) is 15.9 Å². The molecule has 0 bridgehead atoms. The molecule has 0 aromatic heterocycles. The van der Waals surface area contributed by atoms with Crippen molar-refractivity contribution in [3.63, 3.8) is 0 Å². The maximum Gasteiger partial charge on any atom is 0.338 e. The molecule has 0 amide bonds. The Hall–Kier alpha value is -1.55. The fraction of sp³-hybridized carbons (Fsp3) is 0.364. The first-order chi connectivity index (χ1) is 7.15. The van der Waals surface area contributed by atoms with E-state index in [1.807, 2.05) is 6.92 Å². The Balaban J connectivity index is 2.62. The van der Waals surface area contributed by atoms with E-state index >= 15 is 0 Å². The predicted molar refractivity (Wildman–Crippen MR) is 57.7 cm³/mol. The smallest absolute Gasteiger partial charge is 0.338 e. The highest BCUT2D eigenvalue weighted by atomic mass is 16.6. The zero-order chi connectivity index (χ0) is 11.3. The van der Waals surface area contributed by atoms with Gasteiger partial charge in [0.15, 0.2) is 0 Å². The molecule has 0 aliphatic heterocycles. The van der Waals surface area contributed by atoms with Crippen molar-refractivity contribution in [1.29, 1.82) is 0 Å². The molecule has 0 spiro atoms. The second-order valence-corrected chi connectivity index (χ2v) is 3.20. The number of ether oxygens (including phenoxy) is 2. The Morgan fingerprint density at radius 2 is 2.13 bits per heavy atom. The van der Waals surface area contributed by atoms with E-state index in [2.05, 4.69) is 0 Å². The first-order valence-electron chi connectivity index (χ1n) is 4.67. The number of aryl methyl sites for hydroxylation is 1. The standard InChI is InChI=1S/C11H15NO3/c1-8-3-4-9(7-10(8)12)11(13)15-6-5-14-2/h3-4,7H,5-6,12H2,1-2H3. The molecule has 1 aromatic carbocycles. The van der Waals surface area contributed by atoms with Gasteiger partial charge in [-0.25, -0.2) is 4.79 Å². The van der Waals surface area contributed by atoms with Crippen LogP contribution in [-0.2, 0) is 9.47 Å². The second-order valence-electron chi connectivity index (χ2n) is 3.20. The van der Waals surface area contributed by atoms with E-state index < -0.39 is 0 Å². The van der Waals surface area contributed by atoms with Crippen LogP contribution in [0.4, 0.5) is 5.69 Å². The highest BCUT2D eigenvalue weighted by Crippen LogP contribution is 2.13. The van der Waals surface area contributed by atoms with Crippen molar-refractivity contribution in [3.8, 4) is 0 Å². The van der Waals surface area contributed by atoms with Gasteiger partial charge >= 0.3 is 5.97 Å². The topological polar surface area (TPSA) is 61.5 Å². The predicted octanol–water partition coefficient (Wildman–Crippen LogP) is 1.38. The average molecular weight is 209 g/mol. The molecule has 2 N–H and O–H groups in total. The summed E-state index contributed by atoms with van der Waals surface area (Å²) in [6.07, 6.45) is 0. The molecule has 1 rings (SSSR count). The maximum absolute atomic E-state index is 11.4. The molecule has 1 aromatic rings. The van der Waals surface area contributed by atoms with Crippen molar-refractivity contribution < 1.29 is 14.3 Å². The summed E-state index contributed by atoms with van der Waals surface area (Å²) >= 11 is 0. The fourth-order valence-corrected chi connectivity index (χ4v) is 1.07. The lowest BCUT2D eigenvalue weighted by molar-refractivity contribution is 0.0388. The number of carbonyl (C=O) groups excluding carboxylic acids is 1. The molecule has 0 aliphatic rings. The Morgan fingerprint density at radius 1 is 1.40 bits per heavy atom. The van der Waals surface area contributed by atoms with Gasteiger partial charge in [0.25, 0.3) is 0 Å². The summed E-state index contributed by atoms with van der Waals surface area (Å²) < 4.78 is 9.71. The summed E-state index contributed by atoms with van der Waals surface area (Å²) in [6, 6.07) is 5.10. The van der Waals surface area contributed by atoms with Gasteiger partial charge in [-0.15, -0.1) is 0 Å². The molecule has 0 saturated heterocycles. The van der Waals surface area contributed by atoms with E-state index in [1.165, 1.54) is 0 Å². The zero-order valence-corrected chi connectivity index (χ0v) is 8.95. The SMILES string of the molecule is COCCOC(=O)c1ccc(C)c(N)c1. The third kappa shape index (κ3) is 3.25.